The van der Waals surface area contributed by atoms with Crippen LogP contribution in [-0.4, -0.2) is 21.2 Å². The van der Waals surface area contributed by atoms with Crippen LogP contribution < -0.4 is 0 Å². The average molecular weight is 173 g/mol. The van der Waals surface area contributed by atoms with Crippen molar-refractivity contribution in [2.75, 3.05) is 0 Å². The van der Waals surface area contributed by atoms with E-state index in [1.165, 1.54) is 0 Å². The van der Waals surface area contributed by atoms with Crippen LogP contribution in [0.25, 0.3) is 11.3 Å². The molecule has 0 aromatic carbocycles. The van der Waals surface area contributed by atoms with Gasteiger partial charge in [0.05, 0.1) is 11.9 Å². The minimum absolute atomic E-state index is 0.340. The van der Waals surface area contributed by atoms with E-state index in [1.54, 1.807) is 18.6 Å². The van der Waals surface area contributed by atoms with Crippen molar-refractivity contribution in [3.63, 3.8) is 0 Å². The summed E-state index contributed by atoms with van der Waals surface area (Å²) < 4.78 is 0. The standard InChI is InChI=1S/C9H7N3O/c13-6-9-11-5-8(12-9)7-1-3-10-4-2-7/h1-6H,(H,11,12). The average Bonchev–Trinajstić information content (AvgIpc) is 2.67. The van der Waals surface area contributed by atoms with Crippen LogP contribution in [-0.2, 0) is 0 Å². The van der Waals surface area contributed by atoms with Gasteiger partial charge in [-0.25, -0.2) is 4.98 Å². The number of nitrogens with zero attached hydrogens (tertiary/aromatic N) is 2. The Balaban J connectivity index is 2.41. The number of pyridine rings is 1. The molecule has 4 nitrogen and oxygen atoms in total. The van der Waals surface area contributed by atoms with Gasteiger partial charge in [-0.2, -0.15) is 0 Å². The van der Waals surface area contributed by atoms with Crippen LogP contribution in [0.1, 0.15) is 10.6 Å². The fourth-order valence-corrected chi connectivity index (χ4v) is 1.07. The van der Waals surface area contributed by atoms with Crippen LogP contribution in [0.15, 0.2) is 30.7 Å². The molecule has 0 aliphatic rings. The first-order valence-corrected chi connectivity index (χ1v) is 3.81. The molecule has 0 fully saturated rings. The fraction of sp³-hybridized carbons (Fsp3) is 0. The van der Waals surface area contributed by atoms with Crippen LogP contribution >= 0.6 is 0 Å². The molecule has 0 atom stereocenters. The molecule has 0 unspecified atom stereocenters. The SMILES string of the molecule is O=Cc1ncc(-c2ccncc2)[nH]1. The molecule has 2 aromatic heterocycles. The van der Waals surface area contributed by atoms with E-state index >= 15 is 0 Å². The lowest BCUT2D eigenvalue weighted by atomic mass is 10.2. The second kappa shape index (κ2) is 3.18. The smallest absolute Gasteiger partial charge is 0.185 e. The summed E-state index contributed by atoms with van der Waals surface area (Å²) >= 11 is 0. The van der Waals surface area contributed by atoms with Gasteiger partial charge >= 0.3 is 0 Å². The van der Waals surface area contributed by atoms with E-state index in [0.29, 0.717) is 12.1 Å². The Kier molecular flexibility index (Phi) is 1.88. The minimum atomic E-state index is 0.340. The fourth-order valence-electron chi connectivity index (χ4n) is 1.07. The Morgan fingerprint density at radius 1 is 1.31 bits per heavy atom. The Labute approximate surface area is 74.7 Å². The maximum atomic E-state index is 10.3. The van der Waals surface area contributed by atoms with Crippen molar-refractivity contribution in [3.8, 4) is 11.3 Å². The van der Waals surface area contributed by atoms with Gasteiger partial charge in [0.2, 0.25) is 0 Å². The number of imidazole rings is 1. The maximum absolute atomic E-state index is 10.3. The van der Waals surface area contributed by atoms with Crippen LogP contribution in [0.3, 0.4) is 0 Å². The van der Waals surface area contributed by atoms with E-state index < -0.39 is 0 Å². The van der Waals surface area contributed by atoms with Crippen molar-refractivity contribution in [2.24, 2.45) is 0 Å². The lowest BCUT2D eigenvalue weighted by Gasteiger charge is -1.93. The summed E-state index contributed by atoms with van der Waals surface area (Å²) in [6, 6.07) is 3.70. The quantitative estimate of drug-likeness (QED) is 0.696. The molecule has 0 amide bonds. The van der Waals surface area contributed by atoms with Gasteiger partial charge in [0.15, 0.2) is 12.1 Å². The molecule has 64 valence electrons. The van der Waals surface area contributed by atoms with E-state index in [9.17, 15) is 4.79 Å². The highest BCUT2D eigenvalue weighted by molar-refractivity contribution is 5.71. The Morgan fingerprint density at radius 2 is 2.08 bits per heavy atom. The second-order valence-corrected chi connectivity index (χ2v) is 2.54. The third-order valence-corrected chi connectivity index (χ3v) is 1.70. The largest absolute Gasteiger partial charge is 0.336 e. The highest BCUT2D eigenvalue weighted by Crippen LogP contribution is 2.14. The molecule has 1 N–H and O–H groups in total. The monoisotopic (exact) mass is 173 g/mol. The zero-order valence-corrected chi connectivity index (χ0v) is 6.77. The predicted octanol–water partition coefficient (Wildman–Crippen LogP) is 1.28. The third kappa shape index (κ3) is 1.46. The summed E-state index contributed by atoms with van der Waals surface area (Å²) in [5.74, 6) is 0.340. The molecular formula is C9H7N3O. The highest BCUT2D eigenvalue weighted by atomic mass is 16.1. The first-order chi connectivity index (χ1) is 6.40. The van der Waals surface area contributed by atoms with Crippen LogP contribution in [0.2, 0.25) is 0 Å². The molecule has 2 rings (SSSR count). The lowest BCUT2D eigenvalue weighted by Crippen LogP contribution is -1.81. The summed E-state index contributed by atoms with van der Waals surface area (Å²) in [7, 11) is 0. The number of H-pyrrole nitrogens is 1. The van der Waals surface area contributed by atoms with Crippen LogP contribution in [0.5, 0.6) is 0 Å². The normalized spacial score (nSPS) is 9.85. The van der Waals surface area contributed by atoms with E-state index in [2.05, 4.69) is 15.0 Å². The zero-order chi connectivity index (χ0) is 9.10. The molecular weight excluding hydrogens is 166 g/mol. The van der Waals surface area contributed by atoms with Gasteiger partial charge in [0, 0.05) is 18.0 Å². The minimum Gasteiger partial charge on any atom is -0.336 e. The third-order valence-electron chi connectivity index (χ3n) is 1.70. The summed E-state index contributed by atoms with van der Waals surface area (Å²) in [5, 5.41) is 0. The molecule has 0 aliphatic carbocycles. The summed E-state index contributed by atoms with van der Waals surface area (Å²) in [4.78, 5) is 21.0. The van der Waals surface area contributed by atoms with E-state index in [1.807, 2.05) is 12.1 Å². The number of aldehydes is 1. The van der Waals surface area contributed by atoms with Crippen molar-refractivity contribution in [3.05, 3.63) is 36.5 Å². The van der Waals surface area contributed by atoms with Crippen molar-refractivity contribution < 1.29 is 4.79 Å². The second-order valence-electron chi connectivity index (χ2n) is 2.54. The van der Waals surface area contributed by atoms with Crippen molar-refractivity contribution in [1.82, 2.24) is 15.0 Å². The first-order valence-electron chi connectivity index (χ1n) is 3.81. The van der Waals surface area contributed by atoms with E-state index in [0.717, 1.165) is 11.3 Å². The van der Waals surface area contributed by atoms with Gasteiger partial charge in [-0.15, -0.1) is 0 Å². The predicted molar refractivity (Wildman–Crippen MR) is 47.2 cm³/mol. The molecule has 0 aliphatic heterocycles. The van der Waals surface area contributed by atoms with E-state index in [4.69, 9.17) is 0 Å². The van der Waals surface area contributed by atoms with Gasteiger partial charge in [-0.1, -0.05) is 0 Å². The van der Waals surface area contributed by atoms with Crippen molar-refractivity contribution in [1.29, 1.82) is 0 Å². The van der Waals surface area contributed by atoms with Gasteiger partial charge in [-0.3, -0.25) is 9.78 Å². The number of carbonyl (C=O) groups excluding carboxylic acids is 1. The number of nitrogens with one attached hydrogen (secondary N) is 1. The highest BCUT2D eigenvalue weighted by Gasteiger charge is 2.00. The Hall–Kier alpha value is -1.97. The number of aromatic nitrogens is 3. The van der Waals surface area contributed by atoms with Crippen LogP contribution in [0, 0.1) is 0 Å². The summed E-state index contributed by atoms with van der Waals surface area (Å²) in [6.07, 6.45) is 5.69. The number of rotatable bonds is 2. The molecule has 0 spiro atoms. The molecule has 0 saturated carbocycles. The van der Waals surface area contributed by atoms with Crippen molar-refractivity contribution in [2.45, 2.75) is 0 Å². The first kappa shape index (κ1) is 7.67. The van der Waals surface area contributed by atoms with Gasteiger partial charge in [0.25, 0.3) is 0 Å². The summed E-state index contributed by atoms with van der Waals surface area (Å²) in [5.41, 5.74) is 1.79. The molecule has 13 heavy (non-hydrogen) atoms. The van der Waals surface area contributed by atoms with Crippen LogP contribution in [0.4, 0.5) is 0 Å². The topological polar surface area (TPSA) is 58.6 Å². The molecule has 0 saturated heterocycles. The maximum Gasteiger partial charge on any atom is 0.185 e. The number of hydrogen-bond acceptors (Lipinski definition) is 3. The lowest BCUT2D eigenvalue weighted by molar-refractivity contribution is 0.111. The molecule has 4 heteroatoms. The zero-order valence-electron chi connectivity index (χ0n) is 6.77. The number of carbonyl (C=O) groups is 1. The molecule has 2 aromatic rings. The summed E-state index contributed by atoms with van der Waals surface area (Å²) in [6.45, 7) is 0. The van der Waals surface area contributed by atoms with Gasteiger partial charge < -0.3 is 4.98 Å². The van der Waals surface area contributed by atoms with E-state index in [-0.39, 0.29) is 0 Å². The Bertz CT molecular complexity index is 408. The molecule has 0 radical (unpaired) electrons. The number of hydrogen-bond donors (Lipinski definition) is 1. The molecule has 2 heterocycles. The number of aromatic amines is 1. The van der Waals surface area contributed by atoms with Crippen molar-refractivity contribution >= 4 is 6.29 Å². The molecule has 0 bridgehead atoms. The van der Waals surface area contributed by atoms with Gasteiger partial charge in [-0.05, 0) is 12.1 Å². The van der Waals surface area contributed by atoms with Gasteiger partial charge in [0.1, 0.15) is 0 Å². The Morgan fingerprint density at radius 3 is 2.69 bits per heavy atom.